The number of aromatic nitrogens is 1. The summed E-state index contributed by atoms with van der Waals surface area (Å²) in [6.45, 7) is 2.29. The lowest BCUT2D eigenvalue weighted by Gasteiger charge is -2.17. The highest BCUT2D eigenvalue weighted by molar-refractivity contribution is 5.93. The van der Waals surface area contributed by atoms with Crippen LogP contribution in [-0.2, 0) is 9.53 Å². The van der Waals surface area contributed by atoms with Crippen LogP contribution in [0.3, 0.4) is 0 Å². The largest absolute Gasteiger partial charge is 0.497 e. The standard InChI is InChI=1S/C23H24N2O4/c1-4-29-23(20-7-5-9-21-19(20)8-6-10-25-21)22(26)15-24-14-16-11-17(27-2)13-18(12-16)28-3/h5-14,23H,4,15H2,1-3H3. The van der Waals surface area contributed by atoms with Crippen molar-refractivity contribution in [1.82, 2.24) is 4.98 Å². The van der Waals surface area contributed by atoms with Gasteiger partial charge in [0.15, 0.2) is 5.78 Å². The third-order valence-electron chi connectivity index (χ3n) is 4.45. The van der Waals surface area contributed by atoms with Crippen molar-refractivity contribution in [1.29, 1.82) is 0 Å². The number of carbonyl (C=O) groups excluding carboxylic acids is 1. The molecule has 2 aromatic carbocycles. The molecule has 3 rings (SSSR count). The maximum absolute atomic E-state index is 12.9. The van der Waals surface area contributed by atoms with Gasteiger partial charge in [-0.1, -0.05) is 18.2 Å². The molecule has 1 aromatic heterocycles. The van der Waals surface area contributed by atoms with E-state index >= 15 is 0 Å². The molecule has 1 atom stereocenters. The number of rotatable bonds is 9. The maximum atomic E-state index is 12.9. The van der Waals surface area contributed by atoms with Gasteiger partial charge in [-0.05, 0) is 42.3 Å². The van der Waals surface area contributed by atoms with Crippen LogP contribution in [-0.4, -0.2) is 44.4 Å². The van der Waals surface area contributed by atoms with Crippen LogP contribution in [0.15, 0.2) is 59.7 Å². The number of nitrogens with zero attached hydrogens (tertiary/aromatic N) is 2. The maximum Gasteiger partial charge on any atom is 0.187 e. The van der Waals surface area contributed by atoms with Gasteiger partial charge in [0.25, 0.3) is 0 Å². The second-order valence-electron chi connectivity index (χ2n) is 6.33. The Balaban J connectivity index is 1.81. The number of ketones is 1. The first kappa shape index (κ1) is 20.5. The summed E-state index contributed by atoms with van der Waals surface area (Å²) in [6.07, 6.45) is 2.68. The number of hydrogen-bond donors (Lipinski definition) is 0. The predicted octanol–water partition coefficient (Wildman–Crippen LogP) is 4.02. The van der Waals surface area contributed by atoms with Gasteiger partial charge in [-0.15, -0.1) is 0 Å². The molecular weight excluding hydrogens is 368 g/mol. The van der Waals surface area contributed by atoms with Crippen molar-refractivity contribution < 1.29 is 19.0 Å². The van der Waals surface area contributed by atoms with Crippen LogP contribution in [0.25, 0.3) is 10.9 Å². The number of hydrogen-bond acceptors (Lipinski definition) is 6. The number of aliphatic imine (C=N–C) groups is 1. The molecule has 0 aliphatic heterocycles. The average molecular weight is 392 g/mol. The molecule has 0 saturated carbocycles. The molecule has 150 valence electrons. The first-order valence-electron chi connectivity index (χ1n) is 9.37. The molecular formula is C23H24N2O4. The molecule has 0 fully saturated rings. The Morgan fingerprint density at radius 1 is 1.10 bits per heavy atom. The van der Waals surface area contributed by atoms with Gasteiger partial charge in [-0.3, -0.25) is 14.8 Å². The fourth-order valence-corrected chi connectivity index (χ4v) is 3.11. The molecule has 29 heavy (non-hydrogen) atoms. The highest BCUT2D eigenvalue weighted by Gasteiger charge is 2.22. The lowest BCUT2D eigenvalue weighted by Crippen LogP contribution is -2.19. The SMILES string of the molecule is CCOC(C(=O)CN=Cc1cc(OC)cc(OC)c1)c1cccc2ncccc12. The van der Waals surface area contributed by atoms with Crippen molar-refractivity contribution >= 4 is 22.9 Å². The number of ether oxygens (including phenoxy) is 3. The molecule has 0 N–H and O–H groups in total. The minimum Gasteiger partial charge on any atom is -0.497 e. The molecule has 0 aliphatic rings. The van der Waals surface area contributed by atoms with E-state index in [1.54, 1.807) is 32.7 Å². The van der Waals surface area contributed by atoms with Crippen LogP contribution >= 0.6 is 0 Å². The van der Waals surface area contributed by atoms with E-state index in [1.165, 1.54) is 0 Å². The zero-order valence-corrected chi connectivity index (χ0v) is 16.8. The molecule has 0 bridgehead atoms. The summed E-state index contributed by atoms with van der Waals surface area (Å²) in [5.74, 6) is 1.20. The first-order chi connectivity index (χ1) is 14.2. The number of fused-ring (bicyclic) bond motifs is 1. The summed E-state index contributed by atoms with van der Waals surface area (Å²) in [7, 11) is 3.18. The van der Waals surface area contributed by atoms with Gasteiger partial charge in [0, 0.05) is 30.5 Å². The van der Waals surface area contributed by atoms with E-state index in [0.717, 1.165) is 22.0 Å². The lowest BCUT2D eigenvalue weighted by atomic mass is 10.00. The first-order valence-corrected chi connectivity index (χ1v) is 9.37. The van der Waals surface area contributed by atoms with Gasteiger partial charge in [0.2, 0.25) is 0 Å². The number of benzene rings is 2. The molecule has 3 aromatic rings. The average Bonchev–Trinajstić information content (AvgIpc) is 2.76. The second kappa shape index (κ2) is 9.80. The molecule has 0 aliphatic carbocycles. The summed E-state index contributed by atoms with van der Waals surface area (Å²) in [5.41, 5.74) is 2.42. The lowest BCUT2D eigenvalue weighted by molar-refractivity contribution is -0.129. The fraction of sp³-hybridized carbons (Fsp3) is 0.261. The van der Waals surface area contributed by atoms with Gasteiger partial charge < -0.3 is 14.2 Å². The zero-order chi connectivity index (χ0) is 20.6. The van der Waals surface area contributed by atoms with Crippen molar-refractivity contribution in [2.75, 3.05) is 27.4 Å². The molecule has 6 nitrogen and oxygen atoms in total. The number of pyridine rings is 1. The van der Waals surface area contributed by atoms with Gasteiger partial charge in [0.1, 0.15) is 24.1 Å². The van der Waals surface area contributed by atoms with E-state index in [1.807, 2.05) is 49.4 Å². The quantitative estimate of drug-likeness (QED) is 0.515. The van der Waals surface area contributed by atoms with Crippen molar-refractivity contribution in [3.8, 4) is 11.5 Å². The van der Waals surface area contributed by atoms with Gasteiger partial charge in [0.05, 0.1) is 19.7 Å². The summed E-state index contributed by atoms with van der Waals surface area (Å²) in [4.78, 5) is 21.6. The van der Waals surface area contributed by atoms with Crippen LogP contribution < -0.4 is 9.47 Å². The third kappa shape index (κ3) is 4.97. The predicted molar refractivity (Wildman–Crippen MR) is 113 cm³/mol. The zero-order valence-electron chi connectivity index (χ0n) is 16.8. The normalized spacial score (nSPS) is 12.2. The van der Waals surface area contributed by atoms with Crippen molar-refractivity contribution in [3.63, 3.8) is 0 Å². The Labute approximate surface area is 170 Å². The Kier molecular flexibility index (Phi) is 6.92. The topological polar surface area (TPSA) is 70.0 Å². The minimum absolute atomic E-state index is 0.000835. The molecule has 0 amide bonds. The second-order valence-corrected chi connectivity index (χ2v) is 6.33. The minimum atomic E-state index is -0.690. The summed E-state index contributed by atoms with van der Waals surface area (Å²) in [6, 6.07) is 14.9. The van der Waals surface area contributed by atoms with Crippen molar-refractivity contribution in [2.45, 2.75) is 13.0 Å². The molecule has 0 radical (unpaired) electrons. The number of carbonyl (C=O) groups is 1. The van der Waals surface area contributed by atoms with Crippen LogP contribution in [0.2, 0.25) is 0 Å². The Morgan fingerprint density at radius 3 is 2.55 bits per heavy atom. The number of methoxy groups -OCH3 is 2. The highest BCUT2D eigenvalue weighted by Crippen LogP contribution is 2.27. The highest BCUT2D eigenvalue weighted by atomic mass is 16.5. The molecule has 0 spiro atoms. The fourth-order valence-electron chi connectivity index (χ4n) is 3.11. The summed E-state index contributed by atoms with van der Waals surface area (Å²) < 4.78 is 16.3. The summed E-state index contributed by atoms with van der Waals surface area (Å²) >= 11 is 0. The summed E-state index contributed by atoms with van der Waals surface area (Å²) in [5, 5.41) is 0.906. The van der Waals surface area contributed by atoms with Crippen LogP contribution in [0, 0.1) is 0 Å². The Bertz CT molecular complexity index is 989. The van der Waals surface area contributed by atoms with E-state index in [0.29, 0.717) is 18.1 Å². The monoisotopic (exact) mass is 392 g/mol. The van der Waals surface area contributed by atoms with Crippen LogP contribution in [0.5, 0.6) is 11.5 Å². The molecule has 1 unspecified atom stereocenters. The van der Waals surface area contributed by atoms with Crippen molar-refractivity contribution in [3.05, 3.63) is 65.9 Å². The Morgan fingerprint density at radius 2 is 1.86 bits per heavy atom. The van der Waals surface area contributed by atoms with Gasteiger partial charge in [-0.2, -0.15) is 0 Å². The van der Waals surface area contributed by atoms with Crippen LogP contribution in [0.1, 0.15) is 24.2 Å². The van der Waals surface area contributed by atoms with E-state index in [9.17, 15) is 4.79 Å². The third-order valence-corrected chi connectivity index (χ3v) is 4.45. The van der Waals surface area contributed by atoms with E-state index in [2.05, 4.69) is 9.98 Å². The molecule has 6 heteroatoms. The smallest absolute Gasteiger partial charge is 0.187 e. The van der Waals surface area contributed by atoms with E-state index in [4.69, 9.17) is 14.2 Å². The number of Topliss-reactive ketones (excluding diaryl/α,β-unsaturated/α-hetero) is 1. The Hall–Kier alpha value is -3.25. The van der Waals surface area contributed by atoms with Crippen molar-refractivity contribution in [2.24, 2.45) is 4.99 Å². The van der Waals surface area contributed by atoms with Crippen LogP contribution in [0.4, 0.5) is 0 Å². The van der Waals surface area contributed by atoms with Gasteiger partial charge >= 0.3 is 0 Å². The van der Waals surface area contributed by atoms with Gasteiger partial charge in [-0.25, -0.2) is 0 Å². The molecule has 0 saturated heterocycles. The van der Waals surface area contributed by atoms with E-state index < -0.39 is 6.10 Å². The van der Waals surface area contributed by atoms with E-state index in [-0.39, 0.29) is 12.3 Å². The molecule has 1 heterocycles.